The molecule has 0 bridgehead atoms. The van der Waals surface area contributed by atoms with Crippen LogP contribution in [0.4, 0.5) is 5.69 Å². The molecule has 8 nitrogen and oxygen atoms in total. The van der Waals surface area contributed by atoms with Crippen LogP contribution >= 0.6 is 0 Å². The number of benzene rings is 2. The Kier molecular flexibility index (Phi) is 7.15. The second-order valence-corrected chi connectivity index (χ2v) is 11.6. The van der Waals surface area contributed by atoms with Crippen molar-refractivity contribution in [1.82, 2.24) is 8.61 Å². The fourth-order valence-corrected chi connectivity index (χ4v) is 5.59. The minimum Gasteiger partial charge on any atom is -0.325 e. The lowest BCUT2D eigenvalue weighted by molar-refractivity contribution is -0.116. The molecule has 1 fully saturated rings. The van der Waals surface area contributed by atoms with Gasteiger partial charge < -0.3 is 5.32 Å². The number of anilines is 1. The highest BCUT2D eigenvalue weighted by Crippen LogP contribution is 2.22. The van der Waals surface area contributed by atoms with Crippen molar-refractivity contribution < 1.29 is 21.6 Å². The number of aryl methyl sites for hydroxylation is 1. The summed E-state index contributed by atoms with van der Waals surface area (Å²) in [5, 5.41) is 2.63. The molecule has 2 aromatic carbocycles. The first-order chi connectivity index (χ1) is 14.6. The summed E-state index contributed by atoms with van der Waals surface area (Å²) in [5.74, 6) is -0.507. The molecule has 3 rings (SSSR count). The topological polar surface area (TPSA) is 104 Å². The van der Waals surface area contributed by atoms with Crippen molar-refractivity contribution in [3.05, 3.63) is 59.7 Å². The third-order valence-electron chi connectivity index (χ3n) is 5.11. The third-order valence-corrected chi connectivity index (χ3v) is 8.22. The van der Waals surface area contributed by atoms with Gasteiger partial charge in [0.05, 0.1) is 17.7 Å². The summed E-state index contributed by atoms with van der Waals surface area (Å²) < 4.78 is 52.0. The van der Waals surface area contributed by atoms with Gasteiger partial charge in [-0.2, -0.15) is 8.61 Å². The molecule has 1 aliphatic heterocycles. The highest BCUT2D eigenvalue weighted by molar-refractivity contribution is 7.89. The van der Waals surface area contributed by atoms with Crippen LogP contribution in [0, 0.1) is 6.92 Å². The van der Waals surface area contributed by atoms with Crippen molar-refractivity contribution in [2.24, 2.45) is 0 Å². The predicted molar refractivity (Wildman–Crippen MR) is 119 cm³/mol. The zero-order valence-electron chi connectivity index (χ0n) is 17.6. The summed E-state index contributed by atoms with van der Waals surface area (Å²) in [7, 11) is -7.14. The average Bonchev–Trinajstić information content (AvgIpc) is 3.24. The Morgan fingerprint density at radius 2 is 1.55 bits per heavy atom. The summed E-state index contributed by atoms with van der Waals surface area (Å²) in [5.41, 5.74) is 2.23. The molecule has 0 saturated carbocycles. The second kappa shape index (κ2) is 9.47. The highest BCUT2D eigenvalue weighted by atomic mass is 32.2. The van der Waals surface area contributed by atoms with Crippen LogP contribution < -0.4 is 5.32 Å². The van der Waals surface area contributed by atoms with E-state index >= 15 is 0 Å². The van der Waals surface area contributed by atoms with Crippen LogP contribution in [-0.2, 0) is 31.4 Å². The Hall–Kier alpha value is -2.27. The first-order valence-electron chi connectivity index (χ1n) is 9.96. The van der Waals surface area contributed by atoms with Gasteiger partial charge in [0, 0.05) is 25.3 Å². The zero-order valence-corrected chi connectivity index (χ0v) is 19.2. The van der Waals surface area contributed by atoms with E-state index < -0.39 is 26.0 Å². The fourth-order valence-electron chi connectivity index (χ4n) is 3.34. The van der Waals surface area contributed by atoms with Gasteiger partial charge in [-0.05, 0) is 49.6 Å². The van der Waals surface area contributed by atoms with Crippen LogP contribution in [0.3, 0.4) is 0 Å². The maximum absolute atomic E-state index is 12.6. The smallest absolute Gasteiger partial charge is 0.243 e. The number of carbonyl (C=O) groups excluding carboxylic acids is 1. The van der Waals surface area contributed by atoms with Crippen molar-refractivity contribution in [2.75, 3.05) is 31.2 Å². The van der Waals surface area contributed by atoms with E-state index in [1.165, 1.54) is 28.6 Å². The molecule has 1 N–H and O–H groups in total. The van der Waals surface area contributed by atoms with Crippen LogP contribution in [0.2, 0.25) is 0 Å². The Morgan fingerprint density at radius 3 is 2.10 bits per heavy atom. The van der Waals surface area contributed by atoms with E-state index in [2.05, 4.69) is 5.32 Å². The standard InChI is InChI=1S/C21H27N3O5S2/c1-17-5-7-18(8-6-17)15-24(30(2,26)27)16-21(25)22-19-9-11-20(12-10-19)31(28,29)23-13-3-4-14-23/h5-12H,3-4,13-16H2,1-2H3,(H,22,25). The molecule has 1 aliphatic rings. The number of carbonyl (C=O) groups is 1. The summed E-state index contributed by atoms with van der Waals surface area (Å²) in [6, 6.07) is 13.3. The Bertz CT molecular complexity index is 1120. The van der Waals surface area contributed by atoms with Gasteiger partial charge in [0.2, 0.25) is 26.0 Å². The SMILES string of the molecule is Cc1ccc(CN(CC(=O)Nc2ccc(S(=O)(=O)N3CCCC3)cc2)S(C)(=O)=O)cc1. The lowest BCUT2D eigenvalue weighted by Gasteiger charge is -2.20. The number of nitrogens with one attached hydrogen (secondary N) is 1. The Morgan fingerprint density at radius 1 is 0.968 bits per heavy atom. The average molecular weight is 466 g/mol. The molecule has 1 saturated heterocycles. The number of hydrogen-bond donors (Lipinski definition) is 1. The van der Waals surface area contributed by atoms with Crippen molar-refractivity contribution in [2.45, 2.75) is 31.2 Å². The van der Waals surface area contributed by atoms with Gasteiger partial charge in [-0.1, -0.05) is 29.8 Å². The molecule has 10 heteroatoms. The molecule has 0 spiro atoms. The van der Waals surface area contributed by atoms with Gasteiger partial charge >= 0.3 is 0 Å². The van der Waals surface area contributed by atoms with Gasteiger partial charge in [0.1, 0.15) is 0 Å². The van der Waals surface area contributed by atoms with E-state index in [4.69, 9.17) is 0 Å². The van der Waals surface area contributed by atoms with E-state index in [1.807, 2.05) is 31.2 Å². The van der Waals surface area contributed by atoms with E-state index in [0.717, 1.165) is 34.5 Å². The summed E-state index contributed by atoms with van der Waals surface area (Å²) in [6.45, 7) is 2.71. The molecule has 0 radical (unpaired) electrons. The summed E-state index contributed by atoms with van der Waals surface area (Å²) in [4.78, 5) is 12.6. The minimum atomic E-state index is -3.61. The lowest BCUT2D eigenvalue weighted by Crippen LogP contribution is -2.36. The predicted octanol–water partition coefficient (Wildman–Crippen LogP) is 2.18. The summed E-state index contributed by atoms with van der Waals surface area (Å²) in [6.07, 6.45) is 2.77. The molecule has 0 unspecified atom stereocenters. The molecule has 0 atom stereocenters. The number of amides is 1. The van der Waals surface area contributed by atoms with E-state index in [0.29, 0.717) is 18.8 Å². The van der Waals surface area contributed by atoms with Crippen LogP contribution in [0.1, 0.15) is 24.0 Å². The van der Waals surface area contributed by atoms with Crippen molar-refractivity contribution in [3.8, 4) is 0 Å². The fraction of sp³-hybridized carbons (Fsp3) is 0.381. The molecular weight excluding hydrogens is 438 g/mol. The molecule has 1 amide bonds. The normalized spacial score (nSPS) is 15.3. The van der Waals surface area contributed by atoms with E-state index in [-0.39, 0.29) is 18.0 Å². The van der Waals surface area contributed by atoms with Crippen LogP contribution in [0.15, 0.2) is 53.4 Å². The second-order valence-electron chi connectivity index (χ2n) is 7.70. The van der Waals surface area contributed by atoms with Gasteiger partial charge in [-0.15, -0.1) is 0 Å². The van der Waals surface area contributed by atoms with Crippen LogP contribution in [0.5, 0.6) is 0 Å². The molecule has 168 valence electrons. The van der Waals surface area contributed by atoms with E-state index in [9.17, 15) is 21.6 Å². The molecule has 1 heterocycles. The monoisotopic (exact) mass is 465 g/mol. The lowest BCUT2D eigenvalue weighted by atomic mass is 10.1. The number of nitrogens with zero attached hydrogens (tertiary/aromatic N) is 2. The van der Waals surface area contributed by atoms with Gasteiger partial charge in [0.15, 0.2) is 0 Å². The van der Waals surface area contributed by atoms with E-state index in [1.54, 1.807) is 0 Å². The van der Waals surface area contributed by atoms with Crippen LogP contribution in [0.25, 0.3) is 0 Å². The zero-order chi connectivity index (χ0) is 22.6. The highest BCUT2D eigenvalue weighted by Gasteiger charge is 2.27. The third kappa shape index (κ3) is 6.13. The molecule has 0 aliphatic carbocycles. The molecule has 2 aromatic rings. The van der Waals surface area contributed by atoms with Crippen LogP contribution in [-0.4, -0.2) is 57.2 Å². The van der Waals surface area contributed by atoms with Gasteiger partial charge in [-0.25, -0.2) is 16.8 Å². The first kappa shape index (κ1) is 23.4. The van der Waals surface area contributed by atoms with Gasteiger partial charge in [0.25, 0.3) is 0 Å². The number of sulfonamides is 2. The van der Waals surface area contributed by atoms with Crippen molar-refractivity contribution >= 4 is 31.6 Å². The molecule has 0 aromatic heterocycles. The minimum absolute atomic E-state index is 0.0829. The Labute approximate surface area is 184 Å². The number of rotatable bonds is 8. The van der Waals surface area contributed by atoms with Crippen molar-refractivity contribution in [3.63, 3.8) is 0 Å². The quantitative estimate of drug-likeness (QED) is 0.644. The first-order valence-corrected chi connectivity index (χ1v) is 13.3. The van der Waals surface area contributed by atoms with Gasteiger partial charge in [-0.3, -0.25) is 4.79 Å². The molecule has 31 heavy (non-hydrogen) atoms. The maximum atomic E-state index is 12.6. The summed E-state index contributed by atoms with van der Waals surface area (Å²) >= 11 is 0. The van der Waals surface area contributed by atoms with Crippen molar-refractivity contribution in [1.29, 1.82) is 0 Å². The molecular formula is C21H27N3O5S2. The maximum Gasteiger partial charge on any atom is 0.243 e. The number of hydrogen-bond acceptors (Lipinski definition) is 5. The largest absolute Gasteiger partial charge is 0.325 e. The Balaban J connectivity index is 1.66.